The molecule has 0 atom stereocenters. The molecule has 0 unspecified atom stereocenters. The Morgan fingerprint density at radius 3 is 2.71 bits per heavy atom. The van der Waals surface area contributed by atoms with E-state index in [0.29, 0.717) is 33.4 Å². The Kier molecular flexibility index (Phi) is 5.77. The normalized spacial score (nSPS) is 11.2. The number of rotatable bonds is 5. The van der Waals surface area contributed by atoms with Gasteiger partial charge in [0.05, 0.1) is 29.5 Å². The van der Waals surface area contributed by atoms with E-state index in [1.165, 1.54) is 6.33 Å². The Morgan fingerprint density at radius 1 is 1.12 bits per heavy atom. The highest BCUT2D eigenvalue weighted by Crippen LogP contribution is 2.27. The van der Waals surface area contributed by atoms with E-state index in [9.17, 15) is 4.79 Å². The Hall–Kier alpha value is -3.75. The van der Waals surface area contributed by atoms with E-state index in [2.05, 4.69) is 20.5 Å². The number of carbonyl (C=O) groups is 1. The summed E-state index contributed by atoms with van der Waals surface area (Å²) < 4.78 is 3.37. The molecule has 5 rings (SSSR count). The monoisotopic (exact) mass is 491 g/mol. The van der Waals surface area contributed by atoms with Crippen molar-refractivity contribution in [2.75, 3.05) is 5.32 Å². The van der Waals surface area contributed by atoms with Crippen molar-refractivity contribution in [3.8, 4) is 11.3 Å². The van der Waals surface area contributed by atoms with Gasteiger partial charge in [-0.05, 0) is 36.8 Å². The van der Waals surface area contributed by atoms with Crippen LogP contribution >= 0.6 is 23.2 Å². The fourth-order valence-corrected chi connectivity index (χ4v) is 4.14. The van der Waals surface area contributed by atoms with Gasteiger partial charge in [-0.2, -0.15) is 5.10 Å². The summed E-state index contributed by atoms with van der Waals surface area (Å²) in [4.78, 5) is 22.2. The molecule has 0 saturated heterocycles. The number of amides is 1. The molecular formula is C24H19Cl2N7O. The highest BCUT2D eigenvalue weighted by atomic mass is 35.5. The van der Waals surface area contributed by atoms with Gasteiger partial charge in [0.25, 0.3) is 5.91 Å². The second-order valence-electron chi connectivity index (χ2n) is 7.80. The fraction of sp³-hybridized carbons (Fsp3) is 0.125. The molecule has 0 aliphatic heterocycles. The first-order valence-corrected chi connectivity index (χ1v) is 11.2. The van der Waals surface area contributed by atoms with Crippen LogP contribution in [0.4, 0.5) is 5.95 Å². The smallest absolute Gasteiger partial charge is 0.258 e. The minimum absolute atomic E-state index is 0.190. The number of hydrogen-bond acceptors (Lipinski definition) is 5. The zero-order valence-electron chi connectivity index (χ0n) is 18.3. The average Bonchev–Trinajstić information content (AvgIpc) is 3.40. The highest BCUT2D eigenvalue weighted by Gasteiger charge is 2.17. The summed E-state index contributed by atoms with van der Waals surface area (Å²) in [7, 11) is 1.87. The lowest BCUT2D eigenvalue weighted by Gasteiger charge is -2.09. The second-order valence-corrected chi connectivity index (χ2v) is 8.64. The fourth-order valence-electron chi connectivity index (χ4n) is 3.67. The minimum Gasteiger partial charge on any atom is -0.289 e. The van der Waals surface area contributed by atoms with Gasteiger partial charge in [0.15, 0.2) is 0 Å². The molecule has 0 aliphatic rings. The zero-order valence-corrected chi connectivity index (χ0v) is 19.8. The SMILES string of the molecule is Cc1c(-c2cc(C(=O)Nc3ncn(Cc4ccc(Cl)cc4Cl)n3)c3ccccc3n2)cnn1C. The number of aromatic nitrogens is 6. The molecule has 0 saturated carbocycles. The zero-order chi connectivity index (χ0) is 23.8. The number of pyridine rings is 1. The van der Waals surface area contributed by atoms with Crippen molar-refractivity contribution in [3.05, 3.63) is 87.9 Å². The quantitative estimate of drug-likeness (QED) is 0.367. The maximum atomic E-state index is 13.3. The van der Waals surface area contributed by atoms with E-state index in [1.54, 1.807) is 33.8 Å². The summed E-state index contributed by atoms with van der Waals surface area (Å²) in [5.74, 6) is -0.140. The van der Waals surface area contributed by atoms with Gasteiger partial charge in [0.1, 0.15) is 6.33 Å². The van der Waals surface area contributed by atoms with Crippen LogP contribution in [-0.4, -0.2) is 35.4 Å². The minimum atomic E-state index is -0.330. The molecule has 0 radical (unpaired) electrons. The highest BCUT2D eigenvalue weighted by molar-refractivity contribution is 6.35. The van der Waals surface area contributed by atoms with E-state index < -0.39 is 0 Å². The first-order chi connectivity index (χ1) is 16.4. The van der Waals surface area contributed by atoms with E-state index in [0.717, 1.165) is 22.2 Å². The average molecular weight is 492 g/mol. The molecule has 3 heterocycles. The third-order valence-electron chi connectivity index (χ3n) is 5.58. The van der Waals surface area contributed by atoms with Crippen LogP contribution in [0, 0.1) is 6.92 Å². The van der Waals surface area contributed by atoms with Gasteiger partial charge in [-0.3, -0.25) is 14.8 Å². The van der Waals surface area contributed by atoms with Crippen molar-refractivity contribution in [3.63, 3.8) is 0 Å². The predicted octanol–water partition coefficient (Wildman–Crippen LogP) is 5.14. The summed E-state index contributed by atoms with van der Waals surface area (Å²) in [6.45, 7) is 2.35. The number of benzene rings is 2. The van der Waals surface area contributed by atoms with Gasteiger partial charge in [0, 0.05) is 33.7 Å². The van der Waals surface area contributed by atoms with Crippen LogP contribution in [0.2, 0.25) is 10.0 Å². The molecular weight excluding hydrogens is 473 g/mol. The molecule has 5 aromatic rings. The van der Waals surface area contributed by atoms with Crippen LogP contribution in [0.3, 0.4) is 0 Å². The van der Waals surface area contributed by atoms with E-state index in [1.807, 2.05) is 44.3 Å². The molecule has 1 amide bonds. The van der Waals surface area contributed by atoms with Crippen molar-refractivity contribution in [2.45, 2.75) is 13.5 Å². The molecule has 0 spiro atoms. The third kappa shape index (κ3) is 4.25. The second kappa shape index (κ2) is 8.89. The van der Waals surface area contributed by atoms with Gasteiger partial charge < -0.3 is 0 Å². The van der Waals surface area contributed by atoms with Crippen LogP contribution < -0.4 is 5.32 Å². The van der Waals surface area contributed by atoms with Crippen LogP contribution in [-0.2, 0) is 13.6 Å². The van der Waals surface area contributed by atoms with Gasteiger partial charge in [-0.15, -0.1) is 5.10 Å². The maximum absolute atomic E-state index is 13.3. The lowest BCUT2D eigenvalue weighted by atomic mass is 10.0. The van der Waals surface area contributed by atoms with Crippen LogP contribution in [0.1, 0.15) is 21.6 Å². The summed E-state index contributed by atoms with van der Waals surface area (Å²) in [6, 6.07) is 14.5. The van der Waals surface area contributed by atoms with Crippen molar-refractivity contribution < 1.29 is 4.79 Å². The molecule has 3 aromatic heterocycles. The predicted molar refractivity (Wildman–Crippen MR) is 132 cm³/mol. The van der Waals surface area contributed by atoms with E-state index in [-0.39, 0.29) is 11.9 Å². The largest absolute Gasteiger partial charge is 0.289 e. The Morgan fingerprint density at radius 2 is 1.94 bits per heavy atom. The number of nitrogens with one attached hydrogen (secondary N) is 1. The number of nitrogens with zero attached hydrogens (tertiary/aromatic N) is 6. The summed E-state index contributed by atoms with van der Waals surface area (Å²) in [5.41, 5.74) is 4.51. The molecule has 0 fully saturated rings. The standard InChI is InChI=1S/C24H19Cl2N7O/c1-14-19(11-28-32(14)2)22-10-18(17-5-3-4-6-21(17)29-22)23(34)30-24-27-13-33(31-24)12-15-7-8-16(25)9-20(15)26/h3-11,13H,12H2,1-2H3,(H,30,31,34). The van der Waals surface area contributed by atoms with Crippen molar-refractivity contribution in [1.29, 1.82) is 0 Å². The Bertz CT molecular complexity index is 1540. The molecule has 10 heteroatoms. The lowest BCUT2D eigenvalue weighted by Crippen LogP contribution is -2.14. The van der Waals surface area contributed by atoms with Gasteiger partial charge >= 0.3 is 0 Å². The summed E-state index contributed by atoms with van der Waals surface area (Å²) in [6.07, 6.45) is 3.29. The molecule has 2 aromatic carbocycles. The number of hydrogen-bond donors (Lipinski definition) is 1. The van der Waals surface area contributed by atoms with Gasteiger partial charge in [0.2, 0.25) is 5.95 Å². The number of fused-ring (bicyclic) bond motifs is 1. The van der Waals surface area contributed by atoms with Crippen LogP contribution in [0.15, 0.2) is 61.1 Å². The van der Waals surface area contributed by atoms with Gasteiger partial charge in [-0.25, -0.2) is 14.6 Å². The summed E-state index contributed by atoms with van der Waals surface area (Å²) in [5, 5.41) is 13.3. The molecule has 1 N–H and O–H groups in total. The molecule has 8 nitrogen and oxygen atoms in total. The number of para-hydroxylation sites is 1. The van der Waals surface area contributed by atoms with Crippen molar-refractivity contribution in [1.82, 2.24) is 29.5 Å². The van der Waals surface area contributed by atoms with E-state index >= 15 is 0 Å². The van der Waals surface area contributed by atoms with Crippen molar-refractivity contribution in [2.24, 2.45) is 7.05 Å². The number of carbonyl (C=O) groups excluding carboxylic acids is 1. The number of halogens is 2. The maximum Gasteiger partial charge on any atom is 0.258 e. The summed E-state index contributed by atoms with van der Waals surface area (Å²) >= 11 is 12.2. The van der Waals surface area contributed by atoms with E-state index in [4.69, 9.17) is 28.2 Å². The van der Waals surface area contributed by atoms with Crippen molar-refractivity contribution >= 4 is 46.0 Å². The third-order valence-corrected chi connectivity index (χ3v) is 6.17. The molecule has 0 aliphatic carbocycles. The number of anilines is 1. The van der Waals surface area contributed by atoms with Crippen LogP contribution in [0.5, 0.6) is 0 Å². The topological polar surface area (TPSA) is 90.5 Å². The molecule has 34 heavy (non-hydrogen) atoms. The molecule has 0 bridgehead atoms. The lowest BCUT2D eigenvalue weighted by molar-refractivity contribution is 0.102. The van der Waals surface area contributed by atoms with Gasteiger partial charge in [-0.1, -0.05) is 47.5 Å². The molecule has 170 valence electrons. The first-order valence-electron chi connectivity index (χ1n) is 10.4. The first kappa shape index (κ1) is 22.1. The Labute approximate surface area is 205 Å². The Balaban J connectivity index is 1.44. The number of aryl methyl sites for hydroxylation is 1. The van der Waals surface area contributed by atoms with Crippen LogP contribution in [0.25, 0.3) is 22.2 Å².